The van der Waals surface area contributed by atoms with Crippen molar-refractivity contribution >= 4 is 5.97 Å². The molecule has 5 nitrogen and oxygen atoms in total. The van der Waals surface area contributed by atoms with Crippen LogP contribution in [0.15, 0.2) is 12.4 Å². The SMILES string of the molecule is CCOC(=O)C(C#N)c1nccnc1C. The van der Waals surface area contributed by atoms with Crippen molar-refractivity contribution in [3.8, 4) is 6.07 Å². The molecule has 0 aromatic carbocycles. The molecule has 0 amide bonds. The first-order chi connectivity index (χ1) is 7.20. The minimum Gasteiger partial charge on any atom is -0.465 e. The van der Waals surface area contributed by atoms with Crippen LogP contribution in [0.5, 0.6) is 0 Å². The molecule has 15 heavy (non-hydrogen) atoms. The van der Waals surface area contributed by atoms with Gasteiger partial charge in [-0.25, -0.2) is 0 Å². The molecule has 0 aliphatic carbocycles. The van der Waals surface area contributed by atoms with Crippen molar-refractivity contribution in [2.75, 3.05) is 6.61 Å². The van der Waals surface area contributed by atoms with Crippen LogP contribution in [-0.2, 0) is 9.53 Å². The number of nitrogens with zero attached hydrogens (tertiary/aromatic N) is 3. The summed E-state index contributed by atoms with van der Waals surface area (Å²) in [7, 11) is 0. The molecule has 0 bridgehead atoms. The van der Waals surface area contributed by atoms with Crippen LogP contribution in [0.3, 0.4) is 0 Å². The molecule has 1 aromatic rings. The number of nitriles is 1. The summed E-state index contributed by atoms with van der Waals surface area (Å²) in [4.78, 5) is 19.4. The van der Waals surface area contributed by atoms with Crippen LogP contribution in [0.1, 0.15) is 24.2 Å². The number of esters is 1. The molecule has 0 spiro atoms. The summed E-state index contributed by atoms with van der Waals surface area (Å²) in [5, 5.41) is 8.88. The van der Waals surface area contributed by atoms with E-state index in [9.17, 15) is 4.79 Å². The van der Waals surface area contributed by atoms with Gasteiger partial charge >= 0.3 is 5.97 Å². The van der Waals surface area contributed by atoms with Crippen molar-refractivity contribution in [2.24, 2.45) is 0 Å². The van der Waals surface area contributed by atoms with Crippen LogP contribution in [-0.4, -0.2) is 22.5 Å². The van der Waals surface area contributed by atoms with Crippen LogP contribution < -0.4 is 0 Å². The topological polar surface area (TPSA) is 75.9 Å². The van der Waals surface area contributed by atoms with E-state index in [2.05, 4.69) is 9.97 Å². The van der Waals surface area contributed by atoms with Gasteiger partial charge in [-0.3, -0.25) is 14.8 Å². The fourth-order valence-corrected chi connectivity index (χ4v) is 1.15. The zero-order chi connectivity index (χ0) is 11.3. The monoisotopic (exact) mass is 205 g/mol. The third kappa shape index (κ3) is 2.50. The first-order valence-corrected chi connectivity index (χ1v) is 4.54. The van der Waals surface area contributed by atoms with Crippen LogP contribution in [0.4, 0.5) is 0 Å². The number of carbonyl (C=O) groups is 1. The third-order valence-electron chi connectivity index (χ3n) is 1.84. The minimum atomic E-state index is -0.987. The van der Waals surface area contributed by atoms with Gasteiger partial charge in [-0.1, -0.05) is 0 Å². The first kappa shape index (κ1) is 11.1. The lowest BCUT2D eigenvalue weighted by Crippen LogP contribution is -2.17. The fourth-order valence-electron chi connectivity index (χ4n) is 1.15. The lowest BCUT2D eigenvalue weighted by atomic mass is 10.1. The van der Waals surface area contributed by atoms with Gasteiger partial charge in [0.25, 0.3) is 0 Å². The molecule has 0 N–H and O–H groups in total. The van der Waals surface area contributed by atoms with Crippen LogP contribution >= 0.6 is 0 Å². The van der Waals surface area contributed by atoms with E-state index >= 15 is 0 Å². The van der Waals surface area contributed by atoms with Gasteiger partial charge in [-0.2, -0.15) is 5.26 Å². The van der Waals surface area contributed by atoms with E-state index in [-0.39, 0.29) is 6.61 Å². The van der Waals surface area contributed by atoms with Crippen molar-refractivity contribution in [1.82, 2.24) is 9.97 Å². The zero-order valence-electron chi connectivity index (χ0n) is 8.60. The summed E-state index contributed by atoms with van der Waals surface area (Å²) in [6.45, 7) is 3.64. The Morgan fingerprint density at radius 3 is 2.80 bits per heavy atom. The number of hydrogen-bond donors (Lipinski definition) is 0. The molecule has 0 aliphatic rings. The maximum Gasteiger partial charge on any atom is 0.329 e. The van der Waals surface area contributed by atoms with Gasteiger partial charge in [0.05, 0.1) is 24.1 Å². The average Bonchev–Trinajstić information content (AvgIpc) is 2.22. The second-order valence-electron chi connectivity index (χ2n) is 2.84. The van der Waals surface area contributed by atoms with Gasteiger partial charge in [0.15, 0.2) is 5.92 Å². The standard InChI is InChI=1S/C10H11N3O2/c1-3-15-10(14)8(6-11)9-7(2)12-4-5-13-9/h4-5,8H,3H2,1-2H3. The molecule has 5 heteroatoms. The smallest absolute Gasteiger partial charge is 0.329 e. The highest BCUT2D eigenvalue weighted by molar-refractivity contribution is 5.80. The van der Waals surface area contributed by atoms with E-state index in [4.69, 9.17) is 10.00 Å². The van der Waals surface area contributed by atoms with Crippen LogP contribution in [0, 0.1) is 18.3 Å². The van der Waals surface area contributed by atoms with E-state index in [0.29, 0.717) is 11.4 Å². The highest BCUT2D eigenvalue weighted by Gasteiger charge is 2.24. The Labute approximate surface area is 87.7 Å². The number of ether oxygens (including phenoxy) is 1. The Kier molecular flexibility index (Phi) is 3.75. The summed E-state index contributed by atoms with van der Waals surface area (Å²) in [6.07, 6.45) is 2.96. The molecule has 0 radical (unpaired) electrons. The maximum atomic E-state index is 11.4. The van der Waals surface area contributed by atoms with Crippen molar-refractivity contribution in [1.29, 1.82) is 5.26 Å². The van der Waals surface area contributed by atoms with Gasteiger partial charge in [-0.15, -0.1) is 0 Å². The summed E-state index contributed by atoms with van der Waals surface area (Å²) in [5.41, 5.74) is 0.926. The minimum absolute atomic E-state index is 0.246. The number of hydrogen-bond acceptors (Lipinski definition) is 5. The Morgan fingerprint density at radius 1 is 1.60 bits per heavy atom. The fraction of sp³-hybridized carbons (Fsp3) is 0.400. The normalized spacial score (nSPS) is 11.5. The number of carbonyl (C=O) groups excluding carboxylic acids is 1. The van der Waals surface area contributed by atoms with Crippen molar-refractivity contribution < 1.29 is 9.53 Å². The van der Waals surface area contributed by atoms with E-state index in [1.54, 1.807) is 13.8 Å². The maximum absolute atomic E-state index is 11.4. The second-order valence-corrected chi connectivity index (χ2v) is 2.84. The third-order valence-corrected chi connectivity index (χ3v) is 1.84. The Bertz CT molecular complexity index is 398. The molecule has 1 heterocycles. The predicted molar refractivity (Wildman–Crippen MR) is 51.8 cm³/mol. The molecule has 0 saturated carbocycles. The van der Waals surface area contributed by atoms with Crippen molar-refractivity contribution in [3.05, 3.63) is 23.8 Å². The van der Waals surface area contributed by atoms with E-state index in [1.807, 2.05) is 6.07 Å². The number of aromatic nitrogens is 2. The van der Waals surface area contributed by atoms with Gasteiger partial charge < -0.3 is 4.74 Å². The highest BCUT2D eigenvalue weighted by Crippen LogP contribution is 2.16. The van der Waals surface area contributed by atoms with Crippen LogP contribution in [0.25, 0.3) is 0 Å². The molecular formula is C10H11N3O2. The van der Waals surface area contributed by atoms with Crippen molar-refractivity contribution in [3.63, 3.8) is 0 Å². The number of aryl methyl sites for hydroxylation is 1. The van der Waals surface area contributed by atoms with E-state index in [0.717, 1.165) is 0 Å². The van der Waals surface area contributed by atoms with E-state index < -0.39 is 11.9 Å². The Balaban J connectivity index is 2.99. The molecule has 78 valence electrons. The van der Waals surface area contributed by atoms with Crippen LogP contribution in [0.2, 0.25) is 0 Å². The summed E-state index contributed by atoms with van der Waals surface area (Å²) < 4.78 is 4.78. The Hall–Kier alpha value is -1.96. The molecule has 1 rings (SSSR count). The van der Waals surface area contributed by atoms with Gasteiger partial charge in [0, 0.05) is 12.4 Å². The predicted octanol–water partition coefficient (Wildman–Crippen LogP) is 0.955. The lowest BCUT2D eigenvalue weighted by molar-refractivity contribution is -0.143. The number of rotatable bonds is 3. The molecule has 1 unspecified atom stereocenters. The summed E-state index contributed by atoms with van der Waals surface area (Å²) >= 11 is 0. The molecule has 0 saturated heterocycles. The van der Waals surface area contributed by atoms with Gasteiger partial charge in [0.2, 0.25) is 0 Å². The lowest BCUT2D eigenvalue weighted by Gasteiger charge is -2.08. The van der Waals surface area contributed by atoms with Gasteiger partial charge in [-0.05, 0) is 13.8 Å². The quantitative estimate of drug-likeness (QED) is 0.687. The molecule has 1 aromatic heterocycles. The zero-order valence-corrected chi connectivity index (χ0v) is 8.60. The molecular weight excluding hydrogens is 194 g/mol. The molecule has 0 aliphatic heterocycles. The van der Waals surface area contributed by atoms with Crippen molar-refractivity contribution in [2.45, 2.75) is 19.8 Å². The second kappa shape index (κ2) is 5.05. The largest absolute Gasteiger partial charge is 0.465 e. The first-order valence-electron chi connectivity index (χ1n) is 4.54. The van der Waals surface area contributed by atoms with E-state index in [1.165, 1.54) is 12.4 Å². The summed E-state index contributed by atoms with van der Waals surface area (Å²) in [5.74, 6) is -1.57. The molecule has 0 fully saturated rings. The highest BCUT2D eigenvalue weighted by atomic mass is 16.5. The van der Waals surface area contributed by atoms with Gasteiger partial charge in [0.1, 0.15) is 0 Å². The molecule has 1 atom stereocenters. The summed E-state index contributed by atoms with van der Waals surface area (Å²) in [6, 6.07) is 1.87. The Morgan fingerprint density at radius 2 is 2.27 bits per heavy atom. The average molecular weight is 205 g/mol.